The Labute approximate surface area is 199 Å². The molecule has 3 rings (SSSR count). The summed E-state index contributed by atoms with van der Waals surface area (Å²) in [6.45, 7) is 9.33. The molecule has 0 aliphatic carbocycles. The predicted molar refractivity (Wildman–Crippen MR) is 130 cm³/mol. The van der Waals surface area contributed by atoms with Crippen LogP contribution in [0.15, 0.2) is 66.7 Å². The first kappa shape index (κ1) is 24.9. The van der Waals surface area contributed by atoms with Crippen LogP contribution < -0.4 is 15.2 Å². The van der Waals surface area contributed by atoms with Crippen molar-refractivity contribution in [3.05, 3.63) is 94.5 Å². The van der Waals surface area contributed by atoms with E-state index in [-0.39, 0.29) is 22.8 Å². The van der Waals surface area contributed by atoms with Crippen LogP contribution in [-0.2, 0) is 0 Å². The van der Waals surface area contributed by atoms with Gasteiger partial charge in [0.25, 0.3) is 0 Å². The van der Waals surface area contributed by atoms with E-state index in [0.29, 0.717) is 11.1 Å². The van der Waals surface area contributed by atoms with Crippen LogP contribution in [0.2, 0.25) is 0 Å². The van der Waals surface area contributed by atoms with Gasteiger partial charge in [0.1, 0.15) is 0 Å². The molecule has 6 heteroatoms. The number of carbonyl (C=O) groups is 3. The maximum atomic E-state index is 13.0. The van der Waals surface area contributed by atoms with Gasteiger partial charge in [0, 0.05) is 5.56 Å². The van der Waals surface area contributed by atoms with Gasteiger partial charge in [-0.3, -0.25) is 4.79 Å². The van der Waals surface area contributed by atoms with Crippen LogP contribution in [0.1, 0.15) is 63.0 Å². The minimum Gasteiger partial charge on any atom is -0.419 e. The van der Waals surface area contributed by atoms with Crippen LogP contribution in [0.4, 0.5) is 0 Å². The maximum Gasteiger partial charge on any atom is 0.343 e. The molecule has 0 saturated carbocycles. The Balaban J connectivity index is 1.97. The molecule has 0 radical (unpaired) electrons. The second kappa shape index (κ2) is 10.0. The Morgan fingerprint density at radius 2 is 1.21 bits per heavy atom. The summed E-state index contributed by atoms with van der Waals surface area (Å²) in [7, 11) is 0. The third-order valence-electron chi connectivity index (χ3n) is 5.36. The lowest BCUT2D eigenvalue weighted by Crippen LogP contribution is -2.42. The molecule has 0 fully saturated rings. The number of benzene rings is 3. The fraction of sp³-hybridized carbons (Fsp3) is 0.250. The van der Waals surface area contributed by atoms with Gasteiger partial charge in [0.05, 0.1) is 17.2 Å². The summed E-state index contributed by atoms with van der Waals surface area (Å²) in [5.74, 6) is -1.58. The van der Waals surface area contributed by atoms with Crippen molar-refractivity contribution in [2.75, 3.05) is 0 Å². The quantitative estimate of drug-likeness (QED) is 0.305. The van der Waals surface area contributed by atoms with E-state index in [1.165, 1.54) is 18.2 Å². The first-order valence-corrected chi connectivity index (χ1v) is 11.0. The van der Waals surface area contributed by atoms with Crippen molar-refractivity contribution in [2.45, 2.75) is 40.7 Å². The van der Waals surface area contributed by atoms with Gasteiger partial charge < -0.3 is 15.2 Å². The average Bonchev–Trinajstić information content (AvgIpc) is 2.78. The van der Waals surface area contributed by atoms with Gasteiger partial charge in [-0.25, -0.2) is 9.59 Å². The Hall–Kier alpha value is -3.77. The number of hydrogen-bond donors (Lipinski definition) is 1. The van der Waals surface area contributed by atoms with Gasteiger partial charge in [-0.1, -0.05) is 56.2 Å². The molecule has 2 N–H and O–H groups in total. The summed E-state index contributed by atoms with van der Waals surface area (Å²) in [4.78, 5) is 38.5. The number of ether oxygens (including phenoxy) is 2. The first-order chi connectivity index (χ1) is 16.0. The van der Waals surface area contributed by atoms with Crippen molar-refractivity contribution in [3.8, 4) is 11.5 Å². The van der Waals surface area contributed by atoms with E-state index in [0.717, 1.165) is 11.1 Å². The van der Waals surface area contributed by atoms with Gasteiger partial charge in [0.15, 0.2) is 17.3 Å². The Morgan fingerprint density at radius 1 is 0.706 bits per heavy atom. The SMILES string of the molecule is Cc1cccc(C(=O)Oc2ccc(C(=O)C(N)C(C)(C)C)cc2OC(=O)c2cccc(C)c2)c1. The average molecular weight is 460 g/mol. The lowest BCUT2D eigenvalue weighted by Gasteiger charge is -2.25. The molecule has 0 saturated heterocycles. The second-order valence-electron chi connectivity index (χ2n) is 9.39. The summed E-state index contributed by atoms with van der Waals surface area (Å²) >= 11 is 0. The molecule has 0 heterocycles. The highest BCUT2D eigenvalue weighted by Crippen LogP contribution is 2.32. The van der Waals surface area contributed by atoms with Gasteiger partial charge in [0.2, 0.25) is 0 Å². The summed E-state index contributed by atoms with van der Waals surface area (Å²) in [6, 6.07) is 17.4. The minimum atomic E-state index is -0.770. The first-order valence-electron chi connectivity index (χ1n) is 11.0. The number of ketones is 1. The van der Waals surface area contributed by atoms with Crippen LogP contribution in [0.3, 0.4) is 0 Å². The number of carbonyl (C=O) groups excluding carboxylic acids is 3. The van der Waals surface area contributed by atoms with Crippen LogP contribution in [-0.4, -0.2) is 23.8 Å². The highest BCUT2D eigenvalue weighted by molar-refractivity contribution is 6.01. The molecule has 1 unspecified atom stereocenters. The monoisotopic (exact) mass is 459 g/mol. The van der Waals surface area contributed by atoms with Crippen molar-refractivity contribution in [2.24, 2.45) is 11.1 Å². The fourth-order valence-corrected chi connectivity index (χ4v) is 3.26. The molecule has 0 aromatic heterocycles. The maximum absolute atomic E-state index is 13.0. The molecule has 6 nitrogen and oxygen atoms in total. The lowest BCUT2D eigenvalue weighted by molar-refractivity contribution is 0.0682. The van der Waals surface area contributed by atoms with Crippen molar-refractivity contribution in [1.29, 1.82) is 0 Å². The number of esters is 2. The van der Waals surface area contributed by atoms with Crippen molar-refractivity contribution in [1.82, 2.24) is 0 Å². The molecule has 0 amide bonds. The van der Waals surface area contributed by atoms with Crippen LogP contribution in [0.25, 0.3) is 0 Å². The van der Waals surface area contributed by atoms with E-state index >= 15 is 0 Å². The van der Waals surface area contributed by atoms with E-state index < -0.39 is 23.4 Å². The number of Topliss-reactive ketones (excluding diaryl/α,β-unsaturated/α-hetero) is 1. The summed E-state index contributed by atoms with van der Waals surface area (Å²) in [5, 5.41) is 0. The van der Waals surface area contributed by atoms with E-state index in [9.17, 15) is 14.4 Å². The zero-order valence-electron chi connectivity index (χ0n) is 20.0. The molecule has 1 atom stereocenters. The van der Waals surface area contributed by atoms with Crippen LogP contribution in [0, 0.1) is 19.3 Å². The standard InChI is InChI=1S/C28H29NO5/c1-17-8-6-10-20(14-17)26(31)33-22-13-12-19(24(30)25(29)28(3,4)5)16-23(22)34-27(32)21-11-7-9-18(2)15-21/h6-16,25H,29H2,1-5H3. The molecule has 0 aliphatic heterocycles. The number of aryl methyl sites for hydroxylation is 2. The molecule has 0 spiro atoms. The van der Waals surface area contributed by atoms with E-state index in [1.807, 2.05) is 46.8 Å². The Morgan fingerprint density at radius 3 is 1.68 bits per heavy atom. The Bertz CT molecular complexity index is 1240. The van der Waals surface area contributed by atoms with E-state index in [2.05, 4.69) is 0 Å². The highest BCUT2D eigenvalue weighted by Gasteiger charge is 2.29. The molecule has 34 heavy (non-hydrogen) atoms. The number of hydrogen-bond acceptors (Lipinski definition) is 6. The molecule has 0 bridgehead atoms. The molecule has 3 aromatic carbocycles. The van der Waals surface area contributed by atoms with Gasteiger partial charge in [-0.15, -0.1) is 0 Å². The topological polar surface area (TPSA) is 95.7 Å². The minimum absolute atomic E-state index is 0.0217. The largest absolute Gasteiger partial charge is 0.419 e. The van der Waals surface area contributed by atoms with Crippen molar-refractivity contribution in [3.63, 3.8) is 0 Å². The van der Waals surface area contributed by atoms with Gasteiger partial charge in [-0.2, -0.15) is 0 Å². The van der Waals surface area contributed by atoms with Gasteiger partial charge >= 0.3 is 11.9 Å². The normalized spacial score (nSPS) is 12.1. The summed E-state index contributed by atoms with van der Waals surface area (Å²) in [6.07, 6.45) is 0. The van der Waals surface area contributed by atoms with Gasteiger partial charge in [-0.05, 0) is 61.7 Å². The zero-order valence-corrected chi connectivity index (χ0v) is 20.0. The molecular weight excluding hydrogens is 430 g/mol. The number of rotatable bonds is 6. The smallest absolute Gasteiger partial charge is 0.343 e. The van der Waals surface area contributed by atoms with Crippen LogP contribution in [0.5, 0.6) is 11.5 Å². The third-order valence-corrected chi connectivity index (χ3v) is 5.36. The zero-order chi connectivity index (χ0) is 25.0. The van der Waals surface area contributed by atoms with E-state index in [4.69, 9.17) is 15.2 Å². The number of nitrogens with two attached hydrogens (primary N) is 1. The van der Waals surface area contributed by atoms with Crippen molar-refractivity contribution < 1.29 is 23.9 Å². The second-order valence-corrected chi connectivity index (χ2v) is 9.39. The molecule has 3 aromatic rings. The molecule has 176 valence electrons. The highest BCUT2D eigenvalue weighted by atomic mass is 16.6. The van der Waals surface area contributed by atoms with Crippen LogP contribution >= 0.6 is 0 Å². The molecule has 0 aliphatic rings. The summed E-state index contributed by atoms with van der Waals surface area (Å²) < 4.78 is 11.1. The predicted octanol–water partition coefficient (Wildman–Crippen LogP) is 5.30. The fourth-order valence-electron chi connectivity index (χ4n) is 3.26. The third kappa shape index (κ3) is 5.97. The van der Waals surface area contributed by atoms with Crippen molar-refractivity contribution >= 4 is 17.7 Å². The lowest BCUT2D eigenvalue weighted by atomic mass is 9.83. The summed E-state index contributed by atoms with van der Waals surface area (Å²) in [5.41, 5.74) is 8.41. The van der Waals surface area contributed by atoms with E-state index in [1.54, 1.807) is 36.4 Å². The molecular formula is C28H29NO5. The Kier molecular flexibility index (Phi) is 7.32.